The number of carbonyl (C=O) groups is 1. The number of piperidine rings is 1. The van der Waals surface area contributed by atoms with Gasteiger partial charge in [-0.15, -0.1) is 0 Å². The van der Waals surface area contributed by atoms with Crippen LogP contribution in [0.3, 0.4) is 0 Å². The molecule has 0 saturated carbocycles. The van der Waals surface area contributed by atoms with Crippen molar-refractivity contribution in [1.82, 2.24) is 9.80 Å². The summed E-state index contributed by atoms with van der Waals surface area (Å²) in [6, 6.07) is 10.6. The number of amides is 1. The van der Waals surface area contributed by atoms with Gasteiger partial charge in [0.05, 0.1) is 4.92 Å². The van der Waals surface area contributed by atoms with Crippen molar-refractivity contribution >= 4 is 34.6 Å². The summed E-state index contributed by atoms with van der Waals surface area (Å²) in [5, 5.41) is 14.7. The van der Waals surface area contributed by atoms with E-state index >= 15 is 0 Å². The van der Waals surface area contributed by atoms with Crippen LogP contribution in [0.25, 0.3) is 0 Å². The number of nitro benzene ring substituents is 1. The van der Waals surface area contributed by atoms with Crippen molar-refractivity contribution in [2.45, 2.75) is 38.9 Å². The van der Waals surface area contributed by atoms with E-state index in [1.165, 1.54) is 6.07 Å². The number of alkyl halides is 3. The van der Waals surface area contributed by atoms with Gasteiger partial charge in [-0.3, -0.25) is 14.9 Å². The van der Waals surface area contributed by atoms with Crippen molar-refractivity contribution in [3.8, 4) is 0 Å². The number of likely N-dealkylation sites (tertiary alicyclic amines) is 1. The summed E-state index contributed by atoms with van der Waals surface area (Å²) in [5.74, 6) is 0.126. The lowest BCUT2D eigenvalue weighted by atomic mass is 10.0. The minimum Gasteiger partial charge on any atom is -0.382 e. The first kappa shape index (κ1) is 29.5. The Kier molecular flexibility index (Phi) is 9.83. The Balaban J connectivity index is 0.00000400. The maximum atomic E-state index is 13.2. The number of piperazine rings is 1. The summed E-state index contributed by atoms with van der Waals surface area (Å²) < 4.78 is 39.7. The first-order chi connectivity index (χ1) is 17.6. The molecule has 2 aromatic carbocycles. The van der Waals surface area contributed by atoms with Crippen LogP contribution in [0, 0.1) is 10.1 Å². The summed E-state index contributed by atoms with van der Waals surface area (Å²) >= 11 is 5.96. The van der Waals surface area contributed by atoms with Crippen LogP contribution in [0.5, 0.6) is 0 Å². The molecule has 2 aromatic rings. The number of anilines is 2. The Morgan fingerprint density at radius 2 is 1.66 bits per heavy atom. The number of nitro groups is 1. The van der Waals surface area contributed by atoms with Crippen LogP contribution in [0.2, 0.25) is 5.02 Å². The molecule has 0 aliphatic carbocycles. The second kappa shape index (κ2) is 12.7. The summed E-state index contributed by atoms with van der Waals surface area (Å²) in [4.78, 5) is 29.0. The zero-order chi connectivity index (χ0) is 26.6. The predicted octanol–water partition coefficient (Wildman–Crippen LogP) is 5.52. The van der Waals surface area contributed by atoms with Crippen LogP contribution in [0.4, 0.5) is 30.2 Å². The van der Waals surface area contributed by atoms with E-state index in [4.69, 9.17) is 11.6 Å². The van der Waals surface area contributed by atoms with Crippen LogP contribution in [-0.4, -0.2) is 72.5 Å². The average molecular weight is 556 g/mol. The highest BCUT2D eigenvalue weighted by Crippen LogP contribution is 2.38. The normalized spacial score (nSPS) is 17.2. The monoisotopic (exact) mass is 555 g/mol. The average Bonchev–Trinajstić information content (AvgIpc) is 2.88. The molecule has 4 rings (SSSR count). The largest absolute Gasteiger partial charge is 0.423 e. The maximum absolute atomic E-state index is 13.2. The molecule has 2 aliphatic heterocycles. The molecule has 0 spiro atoms. The van der Waals surface area contributed by atoms with E-state index in [2.05, 4.69) is 15.1 Å². The Bertz CT molecular complexity index is 1100. The number of rotatable bonds is 7. The number of nitrogens with one attached hydrogen (secondary N) is 1. The molecule has 8 nitrogen and oxygen atoms in total. The van der Waals surface area contributed by atoms with E-state index in [-0.39, 0.29) is 25.1 Å². The van der Waals surface area contributed by atoms with Gasteiger partial charge in [-0.1, -0.05) is 19.0 Å². The third-order valence-electron chi connectivity index (χ3n) is 6.92. The van der Waals surface area contributed by atoms with Gasteiger partial charge in [0.15, 0.2) is 0 Å². The van der Waals surface area contributed by atoms with Gasteiger partial charge >= 0.3 is 6.18 Å². The Labute approximate surface area is 225 Å². The van der Waals surface area contributed by atoms with Crippen molar-refractivity contribution in [3.05, 3.63) is 63.2 Å². The fourth-order valence-corrected chi connectivity index (χ4v) is 4.95. The van der Waals surface area contributed by atoms with Crippen LogP contribution in [0.15, 0.2) is 42.5 Å². The molecule has 0 aromatic heterocycles. The first-order valence-electron chi connectivity index (χ1n) is 12.2. The predicted molar refractivity (Wildman–Crippen MR) is 143 cm³/mol. The number of carbonyl (C=O) groups excluding carboxylic acids is 1. The van der Waals surface area contributed by atoms with E-state index in [1.807, 2.05) is 29.2 Å². The molecule has 0 bridgehead atoms. The lowest BCUT2D eigenvalue weighted by Gasteiger charge is -2.37. The van der Waals surface area contributed by atoms with E-state index in [9.17, 15) is 28.1 Å². The molecule has 12 heteroatoms. The molecule has 0 atom stereocenters. The van der Waals surface area contributed by atoms with Gasteiger partial charge in [0, 0.05) is 80.7 Å². The van der Waals surface area contributed by atoms with Gasteiger partial charge in [-0.25, -0.2) is 0 Å². The van der Waals surface area contributed by atoms with Gasteiger partial charge in [0.1, 0.15) is 5.56 Å². The van der Waals surface area contributed by atoms with Crippen molar-refractivity contribution in [1.29, 1.82) is 0 Å². The van der Waals surface area contributed by atoms with Gasteiger partial charge in [-0.2, -0.15) is 13.2 Å². The Hall–Kier alpha value is -3.05. The standard InChI is InChI=1S/C25H29ClF3N5O3.CH4/c26-18-1-4-21(5-2-18)32-13-15-33(16-14-32)24(35)9-12-31-10-7-19(8-11-31)30-20-3-6-23(34(36)37)22(17-20)25(27,28)29;/h1-6,17,19,30H,7-16H2;1H4. The Morgan fingerprint density at radius 3 is 2.24 bits per heavy atom. The van der Waals surface area contributed by atoms with E-state index in [1.54, 1.807) is 0 Å². The lowest BCUT2D eigenvalue weighted by Crippen LogP contribution is -2.49. The Morgan fingerprint density at radius 1 is 1.03 bits per heavy atom. The molecular weight excluding hydrogens is 523 g/mol. The molecule has 2 heterocycles. The molecule has 0 unspecified atom stereocenters. The fraction of sp³-hybridized carbons (Fsp3) is 0.500. The van der Waals surface area contributed by atoms with Crippen molar-refractivity contribution in [3.63, 3.8) is 0 Å². The molecular formula is C26H33ClF3N5O3. The number of hydrogen-bond acceptors (Lipinski definition) is 6. The van der Waals surface area contributed by atoms with Gasteiger partial charge in [0.2, 0.25) is 5.91 Å². The van der Waals surface area contributed by atoms with Gasteiger partial charge < -0.3 is 20.0 Å². The molecule has 1 amide bonds. The summed E-state index contributed by atoms with van der Waals surface area (Å²) in [7, 11) is 0. The van der Waals surface area contributed by atoms with Crippen LogP contribution in [-0.2, 0) is 11.0 Å². The van der Waals surface area contributed by atoms with E-state index in [0.717, 1.165) is 30.9 Å². The smallest absolute Gasteiger partial charge is 0.382 e. The third kappa shape index (κ3) is 7.50. The molecule has 38 heavy (non-hydrogen) atoms. The SMILES string of the molecule is C.O=C(CCN1CCC(Nc2ccc([N+](=O)[O-])c(C(F)(F)F)c2)CC1)N1CCN(c2ccc(Cl)cc2)CC1. The molecule has 208 valence electrons. The van der Waals surface area contributed by atoms with Crippen LogP contribution >= 0.6 is 11.6 Å². The highest BCUT2D eigenvalue weighted by Gasteiger charge is 2.38. The molecule has 2 saturated heterocycles. The molecule has 2 aliphatic rings. The highest BCUT2D eigenvalue weighted by molar-refractivity contribution is 6.30. The minimum atomic E-state index is -4.81. The minimum absolute atomic E-state index is 0. The van der Waals surface area contributed by atoms with Crippen LogP contribution < -0.4 is 10.2 Å². The van der Waals surface area contributed by atoms with Crippen LogP contribution in [0.1, 0.15) is 32.3 Å². The topological polar surface area (TPSA) is 82.0 Å². The molecule has 1 N–H and O–H groups in total. The summed E-state index contributed by atoms with van der Waals surface area (Å²) in [6.07, 6.45) is -2.98. The van der Waals surface area contributed by atoms with Crippen molar-refractivity contribution in [2.24, 2.45) is 0 Å². The number of hydrogen-bond donors (Lipinski definition) is 1. The second-order valence-corrected chi connectivity index (χ2v) is 9.78. The van der Waals surface area contributed by atoms with Crippen molar-refractivity contribution in [2.75, 3.05) is 56.0 Å². The first-order valence-corrected chi connectivity index (χ1v) is 12.6. The zero-order valence-electron chi connectivity index (χ0n) is 20.2. The van der Waals surface area contributed by atoms with Crippen molar-refractivity contribution < 1.29 is 22.9 Å². The summed E-state index contributed by atoms with van der Waals surface area (Å²) in [5.41, 5.74) is -0.906. The maximum Gasteiger partial charge on any atom is 0.423 e. The number of benzene rings is 2. The lowest BCUT2D eigenvalue weighted by molar-refractivity contribution is -0.388. The second-order valence-electron chi connectivity index (χ2n) is 9.34. The van der Waals surface area contributed by atoms with Gasteiger partial charge in [-0.05, 0) is 49.2 Å². The fourth-order valence-electron chi connectivity index (χ4n) is 4.83. The molecule has 2 fully saturated rings. The quantitative estimate of drug-likeness (QED) is 0.358. The molecule has 0 radical (unpaired) electrons. The number of nitrogens with zero attached hydrogens (tertiary/aromatic N) is 4. The number of halogens is 4. The highest BCUT2D eigenvalue weighted by atomic mass is 35.5. The zero-order valence-corrected chi connectivity index (χ0v) is 21.0. The van der Waals surface area contributed by atoms with Gasteiger partial charge in [0.25, 0.3) is 5.69 Å². The summed E-state index contributed by atoms with van der Waals surface area (Å²) in [6.45, 7) is 4.94. The van der Waals surface area contributed by atoms with E-state index < -0.39 is 22.4 Å². The van der Waals surface area contributed by atoms with E-state index in [0.29, 0.717) is 57.0 Å². The third-order valence-corrected chi connectivity index (χ3v) is 7.18.